The number of hydrogen-bond donors (Lipinski definition) is 6. The SMILES string of the molecule is CC(O)C(O)C(O)C(O)C=O.O=[SH](O)=S. The molecule has 0 heterocycles. The first kappa shape index (κ1) is 17.2. The molecule has 5 atom stereocenters. The molecule has 7 nitrogen and oxygen atoms in total. The summed E-state index contributed by atoms with van der Waals surface area (Å²) in [5.41, 5.74) is 0. The lowest BCUT2D eigenvalue weighted by atomic mass is 10.1. The van der Waals surface area contributed by atoms with E-state index in [1.807, 2.05) is 0 Å². The lowest BCUT2D eigenvalue weighted by Crippen LogP contribution is -2.43. The van der Waals surface area contributed by atoms with Crippen molar-refractivity contribution in [2.75, 3.05) is 0 Å². The minimum Gasteiger partial charge on any atom is -0.391 e. The van der Waals surface area contributed by atoms with Crippen LogP contribution in [0, 0.1) is 0 Å². The first-order valence-electron chi connectivity index (χ1n) is 3.74. The molecule has 0 bridgehead atoms. The Bertz CT molecular complexity index is 232. The van der Waals surface area contributed by atoms with Gasteiger partial charge in [0.15, 0.2) is 6.29 Å². The summed E-state index contributed by atoms with van der Waals surface area (Å²) in [6, 6.07) is 0. The van der Waals surface area contributed by atoms with Crippen LogP contribution >= 0.6 is 0 Å². The van der Waals surface area contributed by atoms with Crippen LogP contribution < -0.4 is 0 Å². The van der Waals surface area contributed by atoms with Gasteiger partial charge >= 0.3 is 0 Å². The molecule has 9 heteroatoms. The van der Waals surface area contributed by atoms with E-state index in [0.29, 0.717) is 0 Å². The normalized spacial score (nSPS) is 20.1. The Hall–Kier alpha value is -0.160. The van der Waals surface area contributed by atoms with Crippen molar-refractivity contribution in [3.63, 3.8) is 0 Å². The second kappa shape index (κ2) is 9.09. The van der Waals surface area contributed by atoms with Crippen molar-refractivity contribution < 1.29 is 34.0 Å². The van der Waals surface area contributed by atoms with Crippen LogP contribution in [0.2, 0.25) is 0 Å². The number of aliphatic hydroxyl groups is 4. The van der Waals surface area contributed by atoms with Gasteiger partial charge in [-0.25, -0.2) is 4.21 Å². The Morgan fingerprint density at radius 2 is 1.53 bits per heavy atom. The van der Waals surface area contributed by atoms with Crippen LogP contribution in [-0.2, 0) is 25.6 Å². The molecule has 0 rings (SSSR count). The molecule has 0 aromatic rings. The molecule has 0 saturated carbocycles. The van der Waals surface area contributed by atoms with E-state index in [-0.39, 0.29) is 6.29 Å². The van der Waals surface area contributed by atoms with Gasteiger partial charge in [0.2, 0.25) is 0 Å². The van der Waals surface area contributed by atoms with Gasteiger partial charge < -0.3 is 29.8 Å². The highest BCUT2D eigenvalue weighted by Gasteiger charge is 2.27. The Balaban J connectivity index is 0. The standard InChI is InChI=1S/C6H12O5.H2O2S2/c1-3(8)5(10)6(11)4(9)2-7;1-4(2)3/h2-6,8-11H,1H3;4H,(H,1,2,3). The van der Waals surface area contributed by atoms with Gasteiger partial charge in [-0.3, -0.25) is 0 Å². The Morgan fingerprint density at radius 1 is 1.20 bits per heavy atom. The maximum absolute atomic E-state index is 9.87. The summed E-state index contributed by atoms with van der Waals surface area (Å²) in [4.78, 5) is 9.87. The molecule has 0 radical (unpaired) electrons. The van der Waals surface area contributed by atoms with E-state index in [9.17, 15) is 4.79 Å². The minimum atomic E-state index is -2.29. The smallest absolute Gasteiger partial charge is 0.151 e. The van der Waals surface area contributed by atoms with E-state index >= 15 is 0 Å². The van der Waals surface area contributed by atoms with Crippen molar-refractivity contribution in [3.8, 4) is 0 Å². The van der Waals surface area contributed by atoms with Crippen LogP contribution in [-0.4, -0.2) is 59.9 Å². The molecule has 0 spiro atoms. The third-order valence-electron chi connectivity index (χ3n) is 1.33. The lowest BCUT2D eigenvalue weighted by molar-refractivity contribution is -0.132. The van der Waals surface area contributed by atoms with Crippen LogP contribution in [0.1, 0.15) is 6.92 Å². The number of hydrogen-bond acceptors (Lipinski definition) is 7. The number of aldehydes is 1. The first-order chi connectivity index (χ1) is 6.73. The Kier molecular flexibility index (Phi) is 10.5. The van der Waals surface area contributed by atoms with Crippen LogP contribution in [0.4, 0.5) is 0 Å². The fourth-order valence-electron chi connectivity index (χ4n) is 0.568. The highest BCUT2D eigenvalue weighted by molar-refractivity contribution is 8.18. The Morgan fingerprint density at radius 3 is 1.73 bits per heavy atom. The monoisotopic (exact) mass is 262 g/mol. The van der Waals surface area contributed by atoms with E-state index < -0.39 is 34.1 Å². The molecule has 0 aliphatic heterocycles. The van der Waals surface area contributed by atoms with Gasteiger partial charge in [0.1, 0.15) is 28.0 Å². The molecule has 92 valence electrons. The van der Waals surface area contributed by atoms with E-state index in [1.54, 1.807) is 0 Å². The highest BCUT2D eigenvalue weighted by Crippen LogP contribution is 2.02. The summed E-state index contributed by atoms with van der Waals surface area (Å²) in [5, 5.41) is 35.1. The molecule has 0 aromatic heterocycles. The maximum atomic E-state index is 9.87. The molecular weight excluding hydrogens is 248 g/mol. The summed E-state index contributed by atoms with van der Waals surface area (Å²) < 4.78 is 16.3. The minimum absolute atomic E-state index is 0.0935. The molecule has 5 N–H and O–H groups in total. The van der Waals surface area contributed by atoms with Gasteiger partial charge in [0.05, 0.1) is 6.10 Å². The van der Waals surface area contributed by atoms with Crippen LogP contribution in [0.5, 0.6) is 0 Å². The zero-order valence-corrected chi connectivity index (χ0v) is 9.51. The molecule has 0 aromatic carbocycles. The summed E-state index contributed by atoms with van der Waals surface area (Å²) in [6.07, 6.45) is -5.88. The molecule has 0 amide bonds. The lowest BCUT2D eigenvalue weighted by Gasteiger charge is -2.21. The quantitative estimate of drug-likeness (QED) is 0.234. The fourth-order valence-corrected chi connectivity index (χ4v) is 0.568. The number of carbonyl (C=O) groups excluding carboxylic acids is 1. The van der Waals surface area contributed by atoms with Gasteiger partial charge in [-0.05, 0) is 6.92 Å². The van der Waals surface area contributed by atoms with Crippen molar-refractivity contribution in [3.05, 3.63) is 0 Å². The van der Waals surface area contributed by atoms with E-state index in [0.717, 1.165) is 0 Å². The number of carbonyl (C=O) groups is 1. The molecule has 0 aliphatic rings. The van der Waals surface area contributed by atoms with E-state index in [2.05, 4.69) is 11.2 Å². The van der Waals surface area contributed by atoms with Crippen molar-refractivity contribution in [2.45, 2.75) is 31.3 Å². The first-order valence-corrected chi connectivity index (χ1v) is 5.97. The van der Waals surface area contributed by atoms with Gasteiger partial charge in [0.25, 0.3) is 0 Å². The second-order valence-electron chi connectivity index (χ2n) is 2.59. The van der Waals surface area contributed by atoms with Crippen LogP contribution in [0.15, 0.2) is 0 Å². The molecule has 0 aliphatic carbocycles. The van der Waals surface area contributed by atoms with Gasteiger partial charge in [-0.1, -0.05) is 0 Å². The van der Waals surface area contributed by atoms with E-state index in [4.69, 9.17) is 29.2 Å². The van der Waals surface area contributed by atoms with Gasteiger partial charge in [-0.15, -0.1) is 0 Å². The summed E-state index contributed by atoms with van der Waals surface area (Å²) in [5.74, 6) is 0. The maximum Gasteiger partial charge on any atom is 0.151 e. The number of rotatable bonds is 4. The predicted octanol–water partition coefficient (Wildman–Crippen LogP) is -2.95. The van der Waals surface area contributed by atoms with Gasteiger partial charge in [-0.2, -0.15) is 0 Å². The highest BCUT2D eigenvalue weighted by atomic mass is 32.8. The van der Waals surface area contributed by atoms with Gasteiger partial charge in [0, 0.05) is 11.2 Å². The fraction of sp³-hybridized carbons (Fsp3) is 0.833. The second-order valence-corrected chi connectivity index (χ2v) is 4.00. The topological polar surface area (TPSA) is 135 Å². The predicted molar refractivity (Wildman–Crippen MR) is 55.3 cm³/mol. The molecular formula is C6H14O7S2. The zero-order chi connectivity index (χ0) is 12.6. The molecule has 15 heavy (non-hydrogen) atoms. The Labute approximate surface area is 92.9 Å². The zero-order valence-electron chi connectivity index (χ0n) is 7.79. The summed E-state index contributed by atoms with van der Waals surface area (Å²) >= 11 is 3.69. The molecule has 0 saturated heterocycles. The largest absolute Gasteiger partial charge is 0.391 e. The van der Waals surface area contributed by atoms with Crippen molar-refractivity contribution in [1.29, 1.82) is 0 Å². The average Bonchev–Trinajstić information content (AvgIpc) is 2.13. The van der Waals surface area contributed by atoms with Crippen molar-refractivity contribution in [2.24, 2.45) is 0 Å². The number of thiol groups is 1. The third kappa shape index (κ3) is 10.1. The third-order valence-corrected chi connectivity index (χ3v) is 1.33. The van der Waals surface area contributed by atoms with Crippen LogP contribution in [0.25, 0.3) is 0 Å². The average molecular weight is 262 g/mol. The van der Waals surface area contributed by atoms with Crippen molar-refractivity contribution >= 4 is 27.1 Å². The summed E-state index contributed by atoms with van der Waals surface area (Å²) in [6.45, 7) is 1.24. The molecule has 5 unspecified atom stereocenters. The molecule has 0 fully saturated rings. The van der Waals surface area contributed by atoms with E-state index in [1.165, 1.54) is 6.92 Å². The van der Waals surface area contributed by atoms with Crippen LogP contribution in [0.3, 0.4) is 0 Å². The summed E-state index contributed by atoms with van der Waals surface area (Å²) in [7, 11) is -2.29. The number of aliphatic hydroxyl groups excluding tert-OH is 4. The van der Waals surface area contributed by atoms with Crippen molar-refractivity contribution in [1.82, 2.24) is 0 Å².